The van der Waals surface area contributed by atoms with E-state index in [1.54, 1.807) is 12.0 Å². The molecule has 1 fully saturated rings. The van der Waals surface area contributed by atoms with Gasteiger partial charge in [-0.05, 0) is 45.0 Å². The highest BCUT2D eigenvalue weighted by Gasteiger charge is 2.30. The van der Waals surface area contributed by atoms with Crippen LogP contribution in [-0.2, 0) is 4.74 Å². The Morgan fingerprint density at radius 3 is 2.30 bits per heavy atom. The van der Waals surface area contributed by atoms with Gasteiger partial charge in [-0.3, -0.25) is 4.79 Å². The monoisotopic (exact) mass is 409 g/mol. The van der Waals surface area contributed by atoms with Crippen molar-refractivity contribution in [3.63, 3.8) is 0 Å². The number of benzene rings is 1. The molecule has 2 amide bonds. The number of carbonyl (C=O) groups excluding carboxylic acids is 2. The fourth-order valence-electron chi connectivity index (χ4n) is 3.85. The molecule has 3 aromatic rings. The summed E-state index contributed by atoms with van der Waals surface area (Å²) in [5.74, 6) is 0.721. The largest absolute Gasteiger partial charge is 0.497 e. The van der Waals surface area contributed by atoms with Crippen LogP contribution >= 0.6 is 0 Å². The van der Waals surface area contributed by atoms with Gasteiger partial charge in [0, 0.05) is 43.8 Å². The Bertz CT molecular complexity index is 1100. The van der Waals surface area contributed by atoms with Gasteiger partial charge in [0.2, 0.25) is 0 Å². The van der Waals surface area contributed by atoms with Crippen molar-refractivity contribution < 1.29 is 19.1 Å². The van der Waals surface area contributed by atoms with E-state index in [9.17, 15) is 9.59 Å². The number of methoxy groups -OCH3 is 1. The molecule has 158 valence electrons. The van der Waals surface area contributed by atoms with Crippen LogP contribution in [-0.4, -0.2) is 65.1 Å². The third-order valence-electron chi connectivity index (χ3n) is 5.28. The zero-order valence-electron chi connectivity index (χ0n) is 17.8. The predicted octanol–water partition coefficient (Wildman–Crippen LogP) is 3.79. The highest BCUT2D eigenvalue weighted by atomic mass is 16.6. The summed E-state index contributed by atoms with van der Waals surface area (Å²) in [7, 11) is 1.63. The van der Waals surface area contributed by atoms with Crippen molar-refractivity contribution in [2.45, 2.75) is 26.4 Å². The van der Waals surface area contributed by atoms with E-state index in [0.29, 0.717) is 31.7 Å². The average Bonchev–Trinajstić information content (AvgIpc) is 3.05. The summed E-state index contributed by atoms with van der Waals surface area (Å²) in [6.07, 6.45) is 1.62. The first kappa shape index (κ1) is 20.1. The molecule has 0 N–H and O–H groups in total. The van der Waals surface area contributed by atoms with E-state index in [0.717, 1.165) is 22.2 Å². The zero-order valence-corrected chi connectivity index (χ0v) is 17.8. The molecule has 30 heavy (non-hydrogen) atoms. The van der Waals surface area contributed by atoms with Crippen molar-refractivity contribution in [2.24, 2.45) is 0 Å². The minimum Gasteiger partial charge on any atom is -0.497 e. The molecule has 1 aromatic carbocycles. The number of carbonyl (C=O) groups is 2. The number of fused-ring (bicyclic) bond motifs is 3. The van der Waals surface area contributed by atoms with Gasteiger partial charge in [-0.15, -0.1) is 0 Å². The summed E-state index contributed by atoms with van der Waals surface area (Å²) in [5.41, 5.74) is 1.94. The quantitative estimate of drug-likeness (QED) is 0.646. The molecule has 2 aromatic heterocycles. The van der Waals surface area contributed by atoms with Crippen LogP contribution in [0, 0.1) is 0 Å². The van der Waals surface area contributed by atoms with Gasteiger partial charge in [0.25, 0.3) is 5.91 Å². The Morgan fingerprint density at radius 2 is 1.63 bits per heavy atom. The SMILES string of the molecule is COc1ccc2c(C(=O)N3CCN(C(=O)OC(C)(C)C)CC3)c3ccccn3c2c1. The van der Waals surface area contributed by atoms with Crippen LogP contribution in [0.25, 0.3) is 16.4 Å². The van der Waals surface area contributed by atoms with Gasteiger partial charge in [0.15, 0.2) is 0 Å². The van der Waals surface area contributed by atoms with E-state index in [4.69, 9.17) is 9.47 Å². The molecular formula is C23H27N3O4. The number of hydrogen-bond donors (Lipinski definition) is 0. The lowest BCUT2D eigenvalue weighted by molar-refractivity contribution is 0.0141. The summed E-state index contributed by atoms with van der Waals surface area (Å²) >= 11 is 0. The van der Waals surface area contributed by atoms with Crippen LogP contribution in [0.2, 0.25) is 0 Å². The lowest BCUT2D eigenvalue weighted by atomic mass is 10.1. The molecule has 3 heterocycles. The number of amides is 2. The molecule has 0 bridgehead atoms. The maximum absolute atomic E-state index is 13.5. The lowest BCUT2D eigenvalue weighted by Gasteiger charge is -2.35. The molecule has 0 radical (unpaired) electrons. The van der Waals surface area contributed by atoms with Gasteiger partial charge in [0.1, 0.15) is 11.4 Å². The standard InChI is InChI=1S/C23H27N3O4/c1-23(2,3)30-22(28)25-13-11-24(12-14-25)21(27)20-17-9-8-16(29-4)15-19(17)26-10-6-5-7-18(20)26/h5-10,15H,11-14H2,1-4H3. The average molecular weight is 409 g/mol. The van der Waals surface area contributed by atoms with E-state index in [1.165, 1.54) is 0 Å². The first-order valence-corrected chi connectivity index (χ1v) is 10.1. The van der Waals surface area contributed by atoms with Crippen LogP contribution in [0.4, 0.5) is 4.79 Å². The Kier molecular flexibility index (Phi) is 5.05. The summed E-state index contributed by atoms with van der Waals surface area (Å²) < 4.78 is 12.8. The van der Waals surface area contributed by atoms with Crippen molar-refractivity contribution in [1.29, 1.82) is 0 Å². The first-order valence-electron chi connectivity index (χ1n) is 10.1. The van der Waals surface area contributed by atoms with Gasteiger partial charge < -0.3 is 23.7 Å². The van der Waals surface area contributed by atoms with E-state index in [1.807, 2.05) is 72.7 Å². The highest BCUT2D eigenvalue weighted by molar-refractivity contribution is 6.14. The van der Waals surface area contributed by atoms with Crippen molar-refractivity contribution >= 4 is 28.4 Å². The number of ether oxygens (including phenoxy) is 2. The predicted molar refractivity (Wildman–Crippen MR) is 115 cm³/mol. The topological polar surface area (TPSA) is 63.5 Å². The Balaban J connectivity index is 1.60. The lowest BCUT2D eigenvalue weighted by Crippen LogP contribution is -2.51. The molecule has 0 aliphatic carbocycles. The Hall–Kier alpha value is -3.22. The summed E-state index contributed by atoms with van der Waals surface area (Å²) in [6.45, 7) is 7.41. The number of nitrogens with zero attached hydrogens (tertiary/aromatic N) is 3. The molecule has 0 unspecified atom stereocenters. The molecule has 0 saturated carbocycles. The molecule has 7 nitrogen and oxygen atoms in total. The van der Waals surface area contributed by atoms with Crippen LogP contribution in [0.3, 0.4) is 0 Å². The van der Waals surface area contributed by atoms with E-state index in [2.05, 4.69) is 0 Å². The second-order valence-corrected chi connectivity index (χ2v) is 8.47. The van der Waals surface area contributed by atoms with E-state index in [-0.39, 0.29) is 12.0 Å². The second-order valence-electron chi connectivity index (χ2n) is 8.47. The molecule has 7 heteroatoms. The maximum Gasteiger partial charge on any atom is 0.410 e. The number of hydrogen-bond acceptors (Lipinski definition) is 4. The fourth-order valence-corrected chi connectivity index (χ4v) is 3.85. The van der Waals surface area contributed by atoms with Crippen LogP contribution in [0.1, 0.15) is 31.1 Å². The zero-order chi connectivity index (χ0) is 21.5. The van der Waals surface area contributed by atoms with E-state index >= 15 is 0 Å². The van der Waals surface area contributed by atoms with Gasteiger partial charge in [-0.2, -0.15) is 0 Å². The second kappa shape index (κ2) is 7.55. The van der Waals surface area contributed by atoms with Crippen molar-refractivity contribution in [1.82, 2.24) is 14.2 Å². The summed E-state index contributed by atoms with van der Waals surface area (Å²) in [6, 6.07) is 11.6. The third-order valence-corrected chi connectivity index (χ3v) is 5.28. The van der Waals surface area contributed by atoms with Crippen LogP contribution in [0.5, 0.6) is 5.75 Å². The molecule has 4 rings (SSSR count). The number of rotatable bonds is 2. The highest BCUT2D eigenvalue weighted by Crippen LogP contribution is 2.31. The first-order chi connectivity index (χ1) is 14.3. The van der Waals surface area contributed by atoms with Crippen LogP contribution < -0.4 is 4.74 Å². The van der Waals surface area contributed by atoms with Gasteiger partial charge in [-0.25, -0.2) is 4.79 Å². The fraction of sp³-hybridized carbons (Fsp3) is 0.391. The molecular weight excluding hydrogens is 382 g/mol. The van der Waals surface area contributed by atoms with E-state index < -0.39 is 5.60 Å². The number of piperazine rings is 1. The molecule has 1 saturated heterocycles. The van der Waals surface area contributed by atoms with Gasteiger partial charge >= 0.3 is 6.09 Å². The summed E-state index contributed by atoms with van der Waals surface area (Å²) in [5, 5.41) is 0.890. The van der Waals surface area contributed by atoms with Crippen LogP contribution in [0.15, 0.2) is 42.6 Å². The van der Waals surface area contributed by atoms with Crippen molar-refractivity contribution in [3.05, 3.63) is 48.2 Å². The summed E-state index contributed by atoms with van der Waals surface area (Å²) in [4.78, 5) is 29.3. The molecule has 1 aliphatic heterocycles. The minimum absolute atomic E-state index is 0.0253. The molecule has 0 spiro atoms. The normalized spacial score (nSPS) is 14.9. The smallest absolute Gasteiger partial charge is 0.410 e. The molecule has 0 atom stereocenters. The maximum atomic E-state index is 13.5. The van der Waals surface area contributed by atoms with Gasteiger partial charge in [0.05, 0.1) is 23.7 Å². The Labute approximate surface area is 175 Å². The minimum atomic E-state index is -0.532. The molecule has 1 aliphatic rings. The number of aromatic nitrogens is 1. The van der Waals surface area contributed by atoms with Crippen molar-refractivity contribution in [2.75, 3.05) is 33.3 Å². The van der Waals surface area contributed by atoms with Crippen molar-refractivity contribution in [3.8, 4) is 5.75 Å². The van der Waals surface area contributed by atoms with Gasteiger partial charge in [-0.1, -0.05) is 6.07 Å². The third kappa shape index (κ3) is 3.67. The number of pyridine rings is 1. The Morgan fingerprint density at radius 1 is 0.933 bits per heavy atom.